The second-order valence-corrected chi connectivity index (χ2v) is 6.82. The highest BCUT2D eigenvalue weighted by Gasteiger charge is 2.05. The molecular weight excluding hydrogens is 350 g/mol. The molecule has 0 aromatic heterocycles. The first-order valence-electron chi connectivity index (χ1n) is 8.38. The summed E-state index contributed by atoms with van der Waals surface area (Å²) in [5.74, 6) is 0.660. The second kappa shape index (κ2) is 10.5. The van der Waals surface area contributed by atoms with Crippen molar-refractivity contribution in [3.63, 3.8) is 0 Å². The van der Waals surface area contributed by atoms with Crippen LogP contribution < -0.4 is 10.1 Å². The third-order valence-corrected chi connectivity index (χ3v) is 4.72. The van der Waals surface area contributed by atoms with Crippen LogP contribution in [0.1, 0.15) is 24.0 Å². The topological polar surface area (TPSA) is 75.6 Å². The van der Waals surface area contributed by atoms with Gasteiger partial charge in [-0.05, 0) is 48.2 Å². The highest BCUT2D eigenvalue weighted by Crippen LogP contribution is 2.17. The van der Waals surface area contributed by atoms with E-state index in [0.29, 0.717) is 12.2 Å². The molecule has 2 rings (SSSR count). The summed E-state index contributed by atoms with van der Waals surface area (Å²) in [7, 11) is 1.64. The van der Waals surface area contributed by atoms with Crippen molar-refractivity contribution in [2.45, 2.75) is 25.0 Å². The fourth-order valence-corrected chi connectivity index (χ4v) is 3.16. The minimum absolute atomic E-state index is 0.0196. The van der Waals surface area contributed by atoms with Crippen LogP contribution >= 0.6 is 11.8 Å². The van der Waals surface area contributed by atoms with Crippen LogP contribution in [0.3, 0.4) is 0 Å². The lowest BCUT2D eigenvalue weighted by Crippen LogP contribution is -2.11. The van der Waals surface area contributed by atoms with Crippen LogP contribution in [0.15, 0.2) is 48.5 Å². The number of hydrogen-bond acceptors (Lipinski definition) is 4. The van der Waals surface area contributed by atoms with Gasteiger partial charge in [-0.3, -0.25) is 9.59 Å². The number of amides is 1. The third kappa shape index (κ3) is 7.19. The van der Waals surface area contributed by atoms with Crippen molar-refractivity contribution in [3.05, 3.63) is 59.7 Å². The molecule has 5 nitrogen and oxygen atoms in total. The molecular formula is C20H23NO4S. The molecule has 0 saturated carbocycles. The molecule has 0 fully saturated rings. The van der Waals surface area contributed by atoms with Gasteiger partial charge in [0, 0.05) is 17.9 Å². The summed E-state index contributed by atoms with van der Waals surface area (Å²) in [6.07, 6.45) is 2.06. The van der Waals surface area contributed by atoms with Gasteiger partial charge in [0.25, 0.3) is 0 Å². The molecule has 0 bridgehead atoms. The van der Waals surface area contributed by atoms with E-state index in [0.717, 1.165) is 29.8 Å². The lowest BCUT2D eigenvalue weighted by molar-refractivity contribution is -0.133. The standard InChI is InChI=1S/C20H23NO4S/c1-25-18-10-8-15(9-11-18)4-3-7-19(22)21-17-6-2-5-16(12-17)13-26-14-20(23)24/h2,5-6,8-12H,3-4,7,13-14H2,1H3,(H,21,22)(H,23,24). The summed E-state index contributed by atoms with van der Waals surface area (Å²) in [6, 6.07) is 15.4. The van der Waals surface area contributed by atoms with Crippen molar-refractivity contribution in [2.24, 2.45) is 0 Å². The van der Waals surface area contributed by atoms with Crippen molar-refractivity contribution in [3.8, 4) is 5.75 Å². The first kappa shape index (κ1) is 19.8. The second-order valence-electron chi connectivity index (χ2n) is 5.84. The number of rotatable bonds is 10. The van der Waals surface area contributed by atoms with Crippen LogP contribution in [0.25, 0.3) is 0 Å². The van der Waals surface area contributed by atoms with E-state index >= 15 is 0 Å². The Labute approximate surface area is 157 Å². The van der Waals surface area contributed by atoms with Crippen molar-refractivity contribution in [2.75, 3.05) is 18.2 Å². The molecule has 0 aliphatic carbocycles. The lowest BCUT2D eigenvalue weighted by Gasteiger charge is -2.08. The molecule has 0 aliphatic rings. The van der Waals surface area contributed by atoms with Crippen LogP contribution in [0.4, 0.5) is 5.69 Å². The van der Waals surface area contributed by atoms with E-state index in [1.165, 1.54) is 17.3 Å². The van der Waals surface area contributed by atoms with Crippen molar-refractivity contribution in [1.82, 2.24) is 0 Å². The van der Waals surface area contributed by atoms with E-state index in [-0.39, 0.29) is 11.7 Å². The van der Waals surface area contributed by atoms with Crippen LogP contribution in [0.2, 0.25) is 0 Å². The van der Waals surface area contributed by atoms with Gasteiger partial charge in [-0.25, -0.2) is 0 Å². The molecule has 1 amide bonds. The van der Waals surface area contributed by atoms with E-state index < -0.39 is 5.97 Å². The monoisotopic (exact) mass is 373 g/mol. The Hall–Kier alpha value is -2.47. The van der Waals surface area contributed by atoms with Gasteiger partial charge in [-0.15, -0.1) is 11.8 Å². The smallest absolute Gasteiger partial charge is 0.313 e. The molecule has 2 aromatic carbocycles. The normalized spacial score (nSPS) is 10.3. The number of nitrogens with one attached hydrogen (secondary N) is 1. The molecule has 0 atom stereocenters. The van der Waals surface area contributed by atoms with Crippen molar-refractivity contribution in [1.29, 1.82) is 0 Å². The highest BCUT2D eigenvalue weighted by atomic mass is 32.2. The van der Waals surface area contributed by atoms with E-state index in [1.54, 1.807) is 7.11 Å². The largest absolute Gasteiger partial charge is 0.497 e. The highest BCUT2D eigenvalue weighted by molar-refractivity contribution is 7.99. The number of benzene rings is 2. The first-order chi connectivity index (χ1) is 12.6. The van der Waals surface area contributed by atoms with E-state index in [2.05, 4.69) is 5.32 Å². The van der Waals surface area contributed by atoms with Crippen LogP contribution in [0, 0.1) is 0 Å². The molecule has 0 unspecified atom stereocenters. The SMILES string of the molecule is COc1ccc(CCCC(=O)Nc2cccc(CSCC(=O)O)c2)cc1. The first-order valence-corrected chi connectivity index (χ1v) is 9.53. The minimum atomic E-state index is -0.823. The number of aliphatic carboxylic acids is 1. The number of carboxylic acids is 1. The predicted octanol–water partition coefficient (Wildman–Crippen LogP) is 3.97. The van der Waals surface area contributed by atoms with E-state index in [9.17, 15) is 9.59 Å². The maximum absolute atomic E-state index is 12.1. The zero-order valence-electron chi connectivity index (χ0n) is 14.7. The summed E-state index contributed by atoms with van der Waals surface area (Å²) < 4.78 is 5.13. The molecule has 0 spiro atoms. The van der Waals surface area contributed by atoms with Gasteiger partial charge in [0.15, 0.2) is 0 Å². The van der Waals surface area contributed by atoms with Crippen molar-refractivity contribution >= 4 is 29.3 Å². The Morgan fingerprint density at radius 3 is 2.58 bits per heavy atom. The summed E-state index contributed by atoms with van der Waals surface area (Å²) in [6.45, 7) is 0. The number of carboxylic acid groups (broad SMARTS) is 1. The van der Waals surface area contributed by atoms with Crippen LogP contribution in [-0.4, -0.2) is 29.8 Å². The van der Waals surface area contributed by atoms with E-state index in [1.807, 2.05) is 48.5 Å². The Morgan fingerprint density at radius 1 is 1.12 bits per heavy atom. The zero-order chi connectivity index (χ0) is 18.8. The molecule has 0 radical (unpaired) electrons. The number of thioether (sulfide) groups is 1. The van der Waals surface area contributed by atoms with Gasteiger partial charge in [-0.1, -0.05) is 24.3 Å². The Balaban J connectivity index is 1.75. The van der Waals surface area contributed by atoms with Crippen molar-refractivity contribution < 1.29 is 19.4 Å². The average Bonchev–Trinajstić information content (AvgIpc) is 2.62. The summed E-state index contributed by atoms with van der Waals surface area (Å²) >= 11 is 1.33. The number of carbonyl (C=O) groups is 2. The average molecular weight is 373 g/mol. The molecule has 2 N–H and O–H groups in total. The molecule has 0 saturated heterocycles. The number of methoxy groups -OCH3 is 1. The predicted molar refractivity (Wildman–Crippen MR) is 105 cm³/mol. The van der Waals surface area contributed by atoms with Gasteiger partial charge in [0.05, 0.1) is 12.9 Å². The van der Waals surface area contributed by atoms with Crippen LogP contribution in [-0.2, 0) is 21.8 Å². The number of anilines is 1. The number of ether oxygens (including phenoxy) is 1. The van der Waals surface area contributed by atoms with Gasteiger partial charge < -0.3 is 15.2 Å². The minimum Gasteiger partial charge on any atom is -0.497 e. The molecule has 26 heavy (non-hydrogen) atoms. The molecule has 138 valence electrons. The van der Waals surface area contributed by atoms with Gasteiger partial charge >= 0.3 is 5.97 Å². The summed E-state index contributed by atoms with van der Waals surface area (Å²) in [5.41, 5.74) is 2.91. The number of aryl methyl sites for hydroxylation is 1. The Kier molecular flexibility index (Phi) is 8.02. The molecule has 6 heteroatoms. The zero-order valence-corrected chi connectivity index (χ0v) is 15.6. The van der Waals surface area contributed by atoms with Gasteiger partial charge in [-0.2, -0.15) is 0 Å². The summed E-state index contributed by atoms with van der Waals surface area (Å²) in [5, 5.41) is 11.6. The Bertz CT molecular complexity index is 731. The molecule has 2 aromatic rings. The lowest BCUT2D eigenvalue weighted by atomic mass is 10.1. The maximum Gasteiger partial charge on any atom is 0.313 e. The Morgan fingerprint density at radius 2 is 1.88 bits per heavy atom. The molecule has 0 aliphatic heterocycles. The maximum atomic E-state index is 12.1. The number of carbonyl (C=O) groups excluding carboxylic acids is 1. The fourth-order valence-electron chi connectivity index (χ4n) is 2.46. The summed E-state index contributed by atoms with van der Waals surface area (Å²) in [4.78, 5) is 22.7. The molecule has 0 heterocycles. The van der Waals surface area contributed by atoms with Gasteiger partial charge in [0.2, 0.25) is 5.91 Å². The van der Waals surface area contributed by atoms with Crippen LogP contribution in [0.5, 0.6) is 5.75 Å². The third-order valence-electron chi connectivity index (χ3n) is 3.73. The van der Waals surface area contributed by atoms with E-state index in [4.69, 9.17) is 9.84 Å². The quantitative estimate of drug-likeness (QED) is 0.659. The number of hydrogen-bond donors (Lipinski definition) is 2. The fraction of sp³-hybridized carbons (Fsp3) is 0.300. The van der Waals surface area contributed by atoms with Gasteiger partial charge in [0.1, 0.15) is 5.75 Å².